The number of carboxylic acid groups (broad SMARTS) is 1. The number of aromatic nitrogens is 1. The van der Waals surface area contributed by atoms with Gasteiger partial charge in [-0.15, -0.1) is 0 Å². The molecule has 0 saturated carbocycles. The molecule has 1 aromatic heterocycles. The van der Waals surface area contributed by atoms with Gasteiger partial charge < -0.3 is 15.0 Å². The first kappa shape index (κ1) is 20.0. The van der Waals surface area contributed by atoms with E-state index >= 15 is 0 Å². The third-order valence-electron chi connectivity index (χ3n) is 5.92. The van der Waals surface area contributed by atoms with Crippen LogP contribution in [0.2, 0.25) is 0 Å². The third kappa shape index (κ3) is 4.47. The lowest BCUT2D eigenvalue weighted by Gasteiger charge is -2.36. The largest absolute Gasteiger partial charge is 0.478 e. The summed E-state index contributed by atoms with van der Waals surface area (Å²) >= 11 is 0. The number of aromatic amines is 1. The van der Waals surface area contributed by atoms with Crippen LogP contribution in [-0.2, 0) is 6.42 Å². The lowest BCUT2D eigenvalue weighted by molar-refractivity contribution is 0.0697. The average Bonchev–Trinajstić information content (AvgIpc) is 3.19. The molecule has 154 valence electrons. The highest BCUT2D eigenvalue weighted by Gasteiger charge is 2.17. The van der Waals surface area contributed by atoms with Gasteiger partial charge in [-0.3, -0.25) is 4.90 Å². The standard InChI is InChI=1S/C24H26N4O2/c25-16-18-4-7-21(8-5-18)28-13-11-27(12-14-28)10-2-1-3-20-17-26-23-9-6-19(24(29)30)15-22(20)23/h4-9,15,17,26H,1-3,10-14H2,(H,29,30). The summed E-state index contributed by atoms with van der Waals surface area (Å²) in [4.78, 5) is 19.4. The zero-order valence-electron chi connectivity index (χ0n) is 17.0. The molecule has 0 atom stereocenters. The number of benzene rings is 2. The number of piperazine rings is 1. The van der Waals surface area contributed by atoms with E-state index in [-0.39, 0.29) is 0 Å². The molecular formula is C24H26N4O2. The van der Waals surface area contributed by atoms with Crippen LogP contribution in [0.3, 0.4) is 0 Å². The van der Waals surface area contributed by atoms with Crippen molar-refractivity contribution in [3.63, 3.8) is 0 Å². The summed E-state index contributed by atoms with van der Waals surface area (Å²) in [6.45, 7) is 5.20. The van der Waals surface area contributed by atoms with E-state index in [1.54, 1.807) is 12.1 Å². The van der Waals surface area contributed by atoms with Crippen LogP contribution in [-0.4, -0.2) is 53.7 Å². The number of hydrogen-bond acceptors (Lipinski definition) is 4. The highest BCUT2D eigenvalue weighted by atomic mass is 16.4. The van der Waals surface area contributed by atoms with Crippen LogP contribution in [0.25, 0.3) is 10.9 Å². The van der Waals surface area contributed by atoms with Gasteiger partial charge in [0, 0.05) is 49.0 Å². The van der Waals surface area contributed by atoms with Gasteiger partial charge in [-0.05, 0) is 73.8 Å². The first-order valence-electron chi connectivity index (χ1n) is 10.4. The van der Waals surface area contributed by atoms with Gasteiger partial charge in [0.2, 0.25) is 0 Å². The van der Waals surface area contributed by atoms with E-state index < -0.39 is 5.97 Å². The van der Waals surface area contributed by atoms with Gasteiger partial charge in [0.05, 0.1) is 17.2 Å². The Bertz CT molecular complexity index is 1060. The Balaban J connectivity index is 1.23. The van der Waals surface area contributed by atoms with Crippen molar-refractivity contribution in [1.29, 1.82) is 5.26 Å². The lowest BCUT2D eigenvalue weighted by Crippen LogP contribution is -2.46. The number of aryl methyl sites for hydroxylation is 1. The van der Waals surface area contributed by atoms with E-state index in [2.05, 4.69) is 20.9 Å². The molecule has 0 radical (unpaired) electrons. The third-order valence-corrected chi connectivity index (χ3v) is 5.92. The van der Waals surface area contributed by atoms with Crippen LogP contribution in [0.1, 0.15) is 34.3 Å². The number of rotatable bonds is 7. The number of fused-ring (bicyclic) bond motifs is 1. The maximum absolute atomic E-state index is 11.2. The Morgan fingerprint density at radius 1 is 1.07 bits per heavy atom. The fourth-order valence-corrected chi connectivity index (χ4v) is 4.15. The molecule has 2 aromatic carbocycles. The minimum atomic E-state index is -0.885. The Labute approximate surface area is 176 Å². The number of carboxylic acids is 1. The molecule has 3 aromatic rings. The van der Waals surface area contributed by atoms with Crippen LogP contribution in [0.5, 0.6) is 0 Å². The molecule has 6 heteroatoms. The van der Waals surface area contributed by atoms with Crippen molar-refractivity contribution >= 4 is 22.6 Å². The van der Waals surface area contributed by atoms with E-state index in [4.69, 9.17) is 5.26 Å². The first-order valence-corrected chi connectivity index (χ1v) is 10.4. The van der Waals surface area contributed by atoms with Crippen LogP contribution >= 0.6 is 0 Å². The number of carbonyl (C=O) groups is 1. The minimum Gasteiger partial charge on any atom is -0.478 e. The maximum atomic E-state index is 11.2. The Morgan fingerprint density at radius 2 is 1.83 bits per heavy atom. The zero-order valence-corrected chi connectivity index (χ0v) is 17.0. The van der Waals surface area contributed by atoms with Gasteiger partial charge in [0.1, 0.15) is 0 Å². The van der Waals surface area contributed by atoms with Crippen LogP contribution < -0.4 is 4.90 Å². The summed E-state index contributed by atoms with van der Waals surface area (Å²) in [5.74, 6) is -0.885. The second-order valence-corrected chi connectivity index (χ2v) is 7.82. The summed E-state index contributed by atoms with van der Waals surface area (Å²) in [5, 5.41) is 19.2. The highest BCUT2D eigenvalue weighted by molar-refractivity contribution is 5.94. The number of anilines is 1. The number of nitrogens with zero attached hydrogens (tertiary/aromatic N) is 3. The van der Waals surface area contributed by atoms with E-state index in [0.717, 1.165) is 62.9 Å². The van der Waals surface area contributed by atoms with Crippen molar-refractivity contribution in [3.05, 3.63) is 65.4 Å². The number of unbranched alkanes of at least 4 members (excludes halogenated alkanes) is 1. The number of hydrogen-bond donors (Lipinski definition) is 2. The molecule has 4 rings (SSSR count). The molecule has 1 aliphatic heterocycles. The number of nitrogens with one attached hydrogen (secondary N) is 1. The number of aromatic carboxylic acids is 1. The fraction of sp³-hybridized carbons (Fsp3) is 0.333. The molecule has 2 N–H and O–H groups in total. The molecule has 1 aliphatic rings. The van der Waals surface area contributed by atoms with Gasteiger partial charge in [-0.1, -0.05) is 0 Å². The van der Waals surface area contributed by atoms with Crippen molar-refractivity contribution in [3.8, 4) is 6.07 Å². The normalized spacial score (nSPS) is 14.7. The predicted molar refractivity (Wildman–Crippen MR) is 118 cm³/mol. The van der Waals surface area contributed by atoms with Gasteiger partial charge in [-0.25, -0.2) is 4.79 Å². The predicted octanol–water partition coefficient (Wildman–Crippen LogP) is 3.88. The van der Waals surface area contributed by atoms with Crippen LogP contribution in [0, 0.1) is 11.3 Å². The second kappa shape index (κ2) is 9.02. The molecule has 0 aliphatic carbocycles. The monoisotopic (exact) mass is 402 g/mol. The van der Waals surface area contributed by atoms with Crippen molar-refractivity contribution < 1.29 is 9.90 Å². The minimum absolute atomic E-state index is 0.337. The molecular weight excluding hydrogens is 376 g/mol. The van der Waals surface area contributed by atoms with Crippen LogP contribution in [0.15, 0.2) is 48.7 Å². The average molecular weight is 402 g/mol. The fourth-order valence-electron chi connectivity index (χ4n) is 4.15. The summed E-state index contributed by atoms with van der Waals surface area (Å²) in [6.07, 6.45) is 5.17. The quantitative estimate of drug-likeness (QED) is 0.586. The van der Waals surface area contributed by atoms with Gasteiger partial charge in [-0.2, -0.15) is 5.26 Å². The molecule has 30 heavy (non-hydrogen) atoms. The van der Waals surface area contributed by atoms with Gasteiger partial charge in [0.15, 0.2) is 0 Å². The number of H-pyrrole nitrogens is 1. The Hall–Kier alpha value is -3.30. The Kier molecular flexibility index (Phi) is 6.01. The number of nitriles is 1. The first-order chi connectivity index (χ1) is 14.6. The van der Waals surface area contributed by atoms with E-state index in [9.17, 15) is 9.90 Å². The van der Waals surface area contributed by atoms with Crippen LogP contribution in [0.4, 0.5) is 5.69 Å². The molecule has 1 saturated heterocycles. The van der Waals surface area contributed by atoms with E-state index in [0.29, 0.717) is 11.1 Å². The maximum Gasteiger partial charge on any atom is 0.335 e. The topological polar surface area (TPSA) is 83.4 Å². The molecule has 6 nitrogen and oxygen atoms in total. The molecule has 1 fully saturated rings. The van der Waals surface area contributed by atoms with Gasteiger partial charge >= 0.3 is 5.97 Å². The summed E-state index contributed by atoms with van der Waals surface area (Å²) in [6, 6.07) is 15.2. The van der Waals surface area contributed by atoms with Crippen molar-refractivity contribution in [2.24, 2.45) is 0 Å². The Morgan fingerprint density at radius 3 is 2.53 bits per heavy atom. The smallest absolute Gasteiger partial charge is 0.335 e. The van der Waals surface area contributed by atoms with Crippen molar-refractivity contribution in [1.82, 2.24) is 9.88 Å². The molecule has 0 bridgehead atoms. The SMILES string of the molecule is N#Cc1ccc(N2CCN(CCCCc3c[nH]c4ccc(C(=O)O)cc34)CC2)cc1. The summed E-state index contributed by atoms with van der Waals surface area (Å²) in [7, 11) is 0. The summed E-state index contributed by atoms with van der Waals surface area (Å²) < 4.78 is 0. The molecule has 2 heterocycles. The molecule has 0 unspecified atom stereocenters. The lowest BCUT2D eigenvalue weighted by atomic mass is 10.0. The van der Waals surface area contributed by atoms with E-state index in [1.165, 1.54) is 11.3 Å². The molecule has 0 spiro atoms. The second-order valence-electron chi connectivity index (χ2n) is 7.82. The zero-order chi connectivity index (χ0) is 20.9. The summed E-state index contributed by atoms with van der Waals surface area (Å²) in [5.41, 5.74) is 4.41. The van der Waals surface area contributed by atoms with Crippen molar-refractivity contribution in [2.75, 3.05) is 37.6 Å². The highest BCUT2D eigenvalue weighted by Crippen LogP contribution is 2.22. The van der Waals surface area contributed by atoms with Gasteiger partial charge in [0.25, 0.3) is 0 Å². The molecule has 0 amide bonds. The van der Waals surface area contributed by atoms with Crippen molar-refractivity contribution in [2.45, 2.75) is 19.3 Å². The van der Waals surface area contributed by atoms with E-state index in [1.807, 2.05) is 36.5 Å².